The average Bonchev–Trinajstić information content (AvgIpc) is 3.54. The molecule has 11 heteroatoms. The summed E-state index contributed by atoms with van der Waals surface area (Å²) < 4.78 is 6.47. The Kier molecular flexibility index (Phi) is 9.19. The number of likely N-dealkylation sites (tertiary alicyclic amines) is 1. The lowest BCUT2D eigenvalue weighted by Gasteiger charge is -2.27. The molecule has 1 saturated heterocycles. The molecular formula is C32H36ClN5O4S. The number of carbonyl (C=O) groups is 3. The predicted octanol–water partition coefficient (Wildman–Crippen LogP) is 7.05. The number of ether oxygens (including phenoxy) is 1. The number of aromatic nitrogens is 2. The Bertz CT molecular complexity index is 1640. The van der Waals surface area contributed by atoms with Gasteiger partial charge in [0.15, 0.2) is 5.82 Å². The highest BCUT2D eigenvalue weighted by Gasteiger charge is 2.29. The van der Waals surface area contributed by atoms with E-state index in [1.54, 1.807) is 38.1 Å². The van der Waals surface area contributed by atoms with Gasteiger partial charge in [0.1, 0.15) is 4.83 Å². The van der Waals surface area contributed by atoms with Gasteiger partial charge in [0.25, 0.3) is 11.8 Å². The Morgan fingerprint density at radius 1 is 1.02 bits per heavy atom. The summed E-state index contributed by atoms with van der Waals surface area (Å²) >= 11 is 7.49. The summed E-state index contributed by atoms with van der Waals surface area (Å²) in [6.45, 7) is 10.3. The highest BCUT2D eigenvalue weighted by molar-refractivity contribution is 7.20. The molecule has 0 spiro atoms. The van der Waals surface area contributed by atoms with Crippen molar-refractivity contribution >= 4 is 56.9 Å². The van der Waals surface area contributed by atoms with E-state index in [0.717, 1.165) is 46.8 Å². The van der Waals surface area contributed by atoms with E-state index in [-0.39, 0.29) is 23.7 Å². The summed E-state index contributed by atoms with van der Waals surface area (Å²) in [5, 5.41) is 11.2. The topological polar surface area (TPSA) is 106 Å². The van der Waals surface area contributed by atoms with Gasteiger partial charge in [-0.25, -0.2) is 4.79 Å². The van der Waals surface area contributed by atoms with Crippen LogP contribution in [-0.2, 0) is 16.8 Å². The van der Waals surface area contributed by atoms with Crippen molar-refractivity contribution in [2.45, 2.75) is 65.1 Å². The minimum absolute atomic E-state index is 0.166. The highest BCUT2D eigenvalue weighted by atomic mass is 35.5. The van der Waals surface area contributed by atoms with E-state index in [0.29, 0.717) is 25.7 Å². The van der Waals surface area contributed by atoms with E-state index < -0.39 is 11.6 Å². The maximum atomic E-state index is 13.4. The van der Waals surface area contributed by atoms with Gasteiger partial charge in [-0.2, -0.15) is 4.68 Å². The molecule has 0 aliphatic carbocycles. The van der Waals surface area contributed by atoms with Gasteiger partial charge in [-0.1, -0.05) is 48.4 Å². The predicted molar refractivity (Wildman–Crippen MR) is 170 cm³/mol. The van der Waals surface area contributed by atoms with Gasteiger partial charge in [-0.05, 0) is 89.0 Å². The normalized spacial score (nSPS) is 14.2. The number of nitrogens with one attached hydrogen (secondary N) is 2. The molecule has 0 unspecified atom stereocenters. The first kappa shape index (κ1) is 30.7. The number of carbonyl (C=O) groups excluding carboxylic acids is 3. The minimum atomic E-state index is -0.772. The third kappa shape index (κ3) is 7.09. The summed E-state index contributed by atoms with van der Waals surface area (Å²) in [5.41, 5.74) is 1.61. The van der Waals surface area contributed by atoms with Crippen molar-refractivity contribution < 1.29 is 19.1 Å². The summed E-state index contributed by atoms with van der Waals surface area (Å²) in [4.78, 5) is 42.8. The van der Waals surface area contributed by atoms with E-state index in [1.807, 2.05) is 44.2 Å². The van der Waals surface area contributed by atoms with Crippen LogP contribution in [0, 0.1) is 0 Å². The van der Waals surface area contributed by atoms with Crippen LogP contribution in [0.5, 0.6) is 0 Å². The molecule has 5 rings (SSSR count). The maximum absolute atomic E-state index is 13.4. The second-order valence-electron chi connectivity index (χ2n) is 11.6. The molecule has 0 bridgehead atoms. The Morgan fingerprint density at radius 2 is 1.72 bits per heavy atom. The van der Waals surface area contributed by atoms with Crippen LogP contribution in [0.25, 0.3) is 10.2 Å². The summed E-state index contributed by atoms with van der Waals surface area (Å²) in [5.74, 6) is -0.555. The van der Waals surface area contributed by atoms with E-state index in [1.165, 1.54) is 19.3 Å². The first-order valence-corrected chi connectivity index (χ1v) is 15.6. The molecule has 2 N–H and O–H groups in total. The fourth-order valence-electron chi connectivity index (χ4n) is 5.18. The van der Waals surface area contributed by atoms with Crippen LogP contribution in [0.1, 0.15) is 78.1 Å². The molecule has 43 heavy (non-hydrogen) atoms. The van der Waals surface area contributed by atoms with Gasteiger partial charge >= 0.3 is 6.09 Å². The quantitative estimate of drug-likeness (QED) is 0.218. The Morgan fingerprint density at radius 3 is 2.40 bits per heavy atom. The lowest BCUT2D eigenvalue weighted by Crippen LogP contribution is -2.40. The number of thiophene rings is 1. The number of halogens is 1. The molecule has 0 atom stereocenters. The molecule has 1 aliphatic rings. The summed E-state index contributed by atoms with van der Waals surface area (Å²) in [6.07, 6.45) is 2.64. The van der Waals surface area contributed by atoms with Gasteiger partial charge in [-0.15, -0.1) is 16.4 Å². The number of benzene rings is 2. The second kappa shape index (κ2) is 12.9. The molecule has 0 saturated carbocycles. The van der Waals surface area contributed by atoms with Gasteiger partial charge in [0, 0.05) is 17.1 Å². The zero-order valence-corrected chi connectivity index (χ0v) is 26.3. The zero-order chi connectivity index (χ0) is 30.7. The SMILES string of the molecule is CC(C)OC(=O)n1nc(NC(=O)c2ccc(CN3CCCCC3)cc2)c2cc(C(=O)NC(C)(C)c3ccccc3Cl)sc21. The minimum Gasteiger partial charge on any atom is -0.445 e. The maximum Gasteiger partial charge on any atom is 0.436 e. The van der Waals surface area contributed by atoms with E-state index in [9.17, 15) is 14.4 Å². The van der Waals surface area contributed by atoms with Crippen LogP contribution in [0.3, 0.4) is 0 Å². The number of rotatable bonds is 8. The van der Waals surface area contributed by atoms with Crippen molar-refractivity contribution in [2.75, 3.05) is 18.4 Å². The Hall–Kier alpha value is -3.73. The molecule has 2 aromatic carbocycles. The number of hydrogen-bond acceptors (Lipinski definition) is 7. The van der Waals surface area contributed by atoms with Crippen LogP contribution in [0.15, 0.2) is 54.6 Å². The monoisotopic (exact) mass is 621 g/mol. The molecule has 2 aromatic heterocycles. The summed E-state index contributed by atoms with van der Waals surface area (Å²) in [6, 6.07) is 16.5. The third-order valence-corrected chi connectivity index (χ3v) is 8.81. The molecule has 4 aromatic rings. The average molecular weight is 622 g/mol. The second-order valence-corrected chi connectivity index (χ2v) is 13.0. The number of nitrogens with zero attached hydrogens (tertiary/aromatic N) is 3. The molecule has 3 heterocycles. The smallest absolute Gasteiger partial charge is 0.436 e. The first-order valence-electron chi connectivity index (χ1n) is 14.5. The van der Waals surface area contributed by atoms with Crippen LogP contribution >= 0.6 is 22.9 Å². The van der Waals surface area contributed by atoms with Crippen molar-refractivity contribution in [1.29, 1.82) is 0 Å². The Labute approximate surface area is 260 Å². The molecule has 226 valence electrons. The molecule has 1 aliphatic heterocycles. The first-order chi connectivity index (χ1) is 20.5. The fourth-order valence-corrected chi connectivity index (χ4v) is 6.55. The fraction of sp³-hybridized carbons (Fsp3) is 0.375. The number of anilines is 1. The van der Waals surface area contributed by atoms with E-state index in [2.05, 4.69) is 20.6 Å². The Balaban J connectivity index is 1.39. The van der Waals surface area contributed by atoms with Crippen LogP contribution in [0.2, 0.25) is 5.02 Å². The summed E-state index contributed by atoms with van der Waals surface area (Å²) in [7, 11) is 0. The molecular weight excluding hydrogens is 586 g/mol. The van der Waals surface area contributed by atoms with Gasteiger partial charge in [0.05, 0.1) is 21.9 Å². The molecule has 9 nitrogen and oxygen atoms in total. The van der Waals surface area contributed by atoms with Gasteiger partial charge in [0.2, 0.25) is 0 Å². The lowest BCUT2D eigenvalue weighted by molar-refractivity contribution is 0.0915. The van der Waals surface area contributed by atoms with Crippen LogP contribution < -0.4 is 10.6 Å². The molecule has 2 amide bonds. The largest absolute Gasteiger partial charge is 0.445 e. The number of fused-ring (bicyclic) bond motifs is 1. The highest BCUT2D eigenvalue weighted by Crippen LogP contribution is 2.34. The molecule has 0 radical (unpaired) electrons. The zero-order valence-electron chi connectivity index (χ0n) is 24.8. The number of hydrogen-bond donors (Lipinski definition) is 2. The van der Waals surface area contributed by atoms with Gasteiger partial charge < -0.3 is 15.4 Å². The van der Waals surface area contributed by atoms with Crippen molar-refractivity contribution in [3.63, 3.8) is 0 Å². The third-order valence-electron chi connectivity index (χ3n) is 7.37. The number of piperidine rings is 1. The number of amides is 2. The van der Waals surface area contributed by atoms with E-state index in [4.69, 9.17) is 16.3 Å². The van der Waals surface area contributed by atoms with Crippen LogP contribution in [0.4, 0.5) is 10.6 Å². The van der Waals surface area contributed by atoms with Crippen molar-refractivity contribution in [1.82, 2.24) is 20.0 Å². The standard InChI is InChI=1S/C32H36ClN5O4S/c1-20(2)42-31(41)38-30-23(18-26(43-30)29(40)35-32(3,4)24-10-6-7-11-25(24)33)27(36-38)34-28(39)22-14-12-21(13-15-22)19-37-16-8-5-9-17-37/h6-7,10-15,18,20H,5,8-9,16-17,19H2,1-4H3,(H,35,40)(H,34,36,39). The van der Waals surface area contributed by atoms with Crippen molar-refractivity contribution in [3.8, 4) is 0 Å². The van der Waals surface area contributed by atoms with Crippen molar-refractivity contribution in [2.24, 2.45) is 0 Å². The van der Waals surface area contributed by atoms with Crippen LogP contribution in [-0.4, -0.2) is 51.8 Å². The van der Waals surface area contributed by atoms with Crippen molar-refractivity contribution in [3.05, 3.63) is 81.2 Å². The van der Waals surface area contributed by atoms with Gasteiger partial charge in [-0.3, -0.25) is 14.5 Å². The molecule has 1 fully saturated rings. The lowest BCUT2D eigenvalue weighted by atomic mass is 9.94. The van der Waals surface area contributed by atoms with E-state index >= 15 is 0 Å².